The summed E-state index contributed by atoms with van der Waals surface area (Å²) in [5.74, 6) is -0.503. The number of pyridine rings is 1. The molecule has 1 aromatic carbocycles. The van der Waals surface area contributed by atoms with Gasteiger partial charge in [-0.05, 0) is 68.8 Å². The van der Waals surface area contributed by atoms with Crippen LogP contribution >= 0.6 is 0 Å². The first-order valence-electron chi connectivity index (χ1n) is 9.80. The predicted molar refractivity (Wildman–Crippen MR) is 106 cm³/mol. The lowest BCUT2D eigenvalue weighted by molar-refractivity contribution is 0.0635. The number of hydrogen-bond acceptors (Lipinski definition) is 5. The van der Waals surface area contributed by atoms with Gasteiger partial charge in [0, 0.05) is 12.2 Å². The molecule has 0 bridgehead atoms. The van der Waals surface area contributed by atoms with Gasteiger partial charge < -0.3 is 10.2 Å². The van der Waals surface area contributed by atoms with Crippen LogP contribution in [0.1, 0.15) is 35.4 Å². The normalized spacial score (nSPS) is 16.9. The van der Waals surface area contributed by atoms with Gasteiger partial charge >= 0.3 is 0 Å². The van der Waals surface area contributed by atoms with Gasteiger partial charge in [0.15, 0.2) is 5.69 Å². The van der Waals surface area contributed by atoms with E-state index in [1.807, 2.05) is 23.1 Å². The van der Waals surface area contributed by atoms with E-state index < -0.39 is 0 Å². The standard InChI is InChI=1S/C21H23FN6O/c22-16-6-8-19(9-7-16)28-25-14-20(26-28)21(29)27(15-17-4-1-2-12-24-17)18-5-3-11-23-13-10-18/h1-2,4,6-9,12,14,18,23H,3,5,10-11,13,15H2. The SMILES string of the molecule is O=C(c1cnn(-c2ccc(F)cc2)n1)N(Cc1ccccn1)C1CCCNCC1. The summed E-state index contributed by atoms with van der Waals surface area (Å²) in [6.07, 6.45) is 6.02. The Balaban J connectivity index is 1.59. The van der Waals surface area contributed by atoms with E-state index in [-0.39, 0.29) is 23.5 Å². The molecule has 1 amide bonds. The number of carbonyl (C=O) groups is 1. The largest absolute Gasteiger partial charge is 0.328 e. The molecule has 0 spiro atoms. The summed E-state index contributed by atoms with van der Waals surface area (Å²) in [7, 11) is 0. The summed E-state index contributed by atoms with van der Waals surface area (Å²) in [6, 6.07) is 11.6. The molecule has 3 heterocycles. The first-order valence-corrected chi connectivity index (χ1v) is 9.80. The number of nitrogens with zero attached hydrogens (tertiary/aromatic N) is 5. The van der Waals surface area contributed by atoms with Crippen LogP contribution in [-0.2, 0) is 6.54 Å². The van der Waals surface area contributed by atoms with Gasteiger partial charge in [0.2, 0.25) is 0 Å². The number of halogens is 1. The molecule has 29 heavy (non-hydrogen) atoms. The molecule has 1 fully saturated rings. The van der Waals surface area contributed by atoms with Crippen molar-refractivity contribution in [2.24, 2.45) is 0 Å². The Morgan fingerprint density at radius 2 is 2.03 bits per heavy atom. The van der Waals surface area contributed by atoms with Gasteiger partial charge in [0.25, 0.3) is 5.91 Å². The topological polar surface area (TPSA) is 75.9 Å². The zero-order chi connectivity index (χ0) is 20.1. The molecule has 0 aliphatic carbocycles. The highest BCUT2D eigenvalue weighted by Gasteiger charge is 2.28. The van der Waals surface area contributed by atoms with Gasteiger partial charge in [-0.1, -0.05) is 6.07 Å². The fourth-order valence-electron chi connectivity index (χ4n) is 3.55. The Kier molecular flexibility index (Phi) is 5.90. The van der Waals surface area contributed by atoms with Crippen LogP contribution in [0.5, 0.6) is 0 Å². The predicted octanol–water partition coefficient (Wildman–Crippen LogP) is 2.59. The van der Waals surface area contributed by atoms with Gasteiger partial charge in [0.05, 0.1) is 24.1 Å². The number of aromatic nitrogens is 4. The van der Waals surface area contributed by atoms with Crippen molar-refractivity contribution in [1.82, 2.24) is 30.2 Å². The molecule has 1 N–H and O–H groups in total. The van der Waals surface area contributed by atoms with Gasteiger partial charge in [-0.25, -0.2) is 4.39 Å². The Hall–Kier alpha value is -3.13. The van der Waals surface area contributed by atoms with E-state index in [2.05, 4.69) is 20.5 Å². The highest BCUT2D eigenvalue weighted by molar-refractivity contribution is 5.92. The van der Waals surface area contributed by atoms with Crippen LogP contribution in [0, 0.1) is 5.82 Å². The molecule has 3 aromatic rings. The maximum Gasteiger partial charge on any atom is 0.276 e. The van der Waals surface area contributed by atoms with Crippen molar-refractivity contribution < 1.29 is 9.18 Å². The first kappa shape index (κ1) is 19.2. The summed E-state index contributed by atoms with van der Waals surface area (Å²) < 4.78 is 13.2. The third-order valence-electron chi connectivity index (χ3n) is 5.07. The van der Waals surface area contributed by atoms with Crippen molar-refractivity contribution in [2.45, 2.75) is 31.8 Å². The van der Waals surface area contributed by atoms with Crippen LogP contribution in [0.25, 0.3) is 5.69 Å². The van der Waals surface area contributed by atoms with Crippen molar-refractivity contribution in [3.63, 3.8) is 0 Å². The first-order chi connectivity index (χ1) is 14.2. The van der Waals surface area contributed by atoms with E-state index in [0.717, 1.165) is 38.0 Å². The Bertz CT molecular complexity index is 935. The highest BCUT2D eigenvalue weighted by Crippen LogP contribution is 2.19. The molecule has 7 nitrogen and oxygen atoms in total. The van der Waals surface area contributed by atoms with E-state index in [9.17, 15) is 9.18 Å². The Labute approximate surface area is 168 Å². The van der Waals surface area contributed by atoms with E-state index in [1.165, 1.54) is 23.1 Å². The summed E-state index contributed by atoms with van der Waals surface area (Å²) >= 11 is 0. The minimum absolute atomic E-state index is 0.107. The average molecular weight is 394 g/mol. The number of benzene rings is 1. The number of rotatable bonds is 5. The van der Waals surface area contributed by atoms with Gasteiger partial charge in [-0.2, -0.15) is 9.90 Å². The fraction of sp³-hybridized carbons (Fsp3) is 0.333. The average Bonchev–Trinajstić information content (AvgIpc) is 3.09. The van der Waals surface area contributed by atoms with E-state index in [4.69, 9.17) is 0 Å². The van der Waals surface area contributed by atoms with Crippen molar-refractivity contribution in [2.75, 3.05) is 13.1 Å². The molecule has 0 radical (unpaired) electrons. The number of carbonyl (C=O) groups excluding carboxylic acids is 1. The molecule has 1 saturated heterocycles. The minimum atomic E-state index is -0.333. The molecule has 8 heteroatoms. The molecular weight excluding hydrogens is 371 g/mol. The number of hydrogen-bond donors (Lipinski definition) is 1. The van der Waals surface area contributed by atoms with Crippen molar-refractivity contribution in [3.8, 4) is 5.69 Å². The molecule has 1 aliphatic heterocycles. The third kappa shape index (κ3) is 4.65. The highest BCUT2D eigenvalue weighted by atomic mass is 19.1. The van der Waals surface area contributed by atoms with Crippen LogP contribution in [0.15, 0.2) is 54.9 Å². The fourth-order valence-corrected chi connectivity index (χ4v) is 3.55. The quantitative estimate of drug-likeness (QED) is 0.720. The van der Waals surface area contributed by atoms with Crippen LogP contribution in [0.4, 0.5) is 4.39 Å². The maximum atomic E-state index is 13.4. The molecule has 1 atom stereocenters. The molecule has 150 valence electrons. The lowest BCUT2D eigenvalue weighted by Gasteiger charge is -2.30. The minimum Gasteiger partial charge on any atom is -0.328 e. The summed E-state index contributed by atoms with van der Waals surface area (Å²) in [5.41, 5.74) is 1.70. The van der Waals surface area contributed by atoms with Gasteiger partial charge in [-0.3, -0.25) is 9.78 Å². The second-order valence-electron chi connectivity index (χ2n) is 7.08. The molecule has 1 aliphatic rings. The summed E-state index contributed by atoms with van der Waals surface area (Å²) in [5, 5.41) is 11.9. The summed E-state index contributed by atoms with van der Waals surface area (Å²) in [6.45, 7) is 2.26. The third-order valence-corrected chi connectivity index (χ3v) is 5.07. The second kappa shape index (κ2) is 8.91. The van der Waals surface area contributed by atoms with Gasteiger partial charge in [0.1, 0.15) is 5.82 Å². The van der Waals surface area contributed by atoms with E-state index >= 15 is 0 Å². The molecule has 0 saturated carbocycles. The molecule has 4 rings (SSSR count). The Morgan fingerprint density at radius 3 is 2.83 bits per heavy atom. The Morgan fingerprint density at radius 1 is 1.17 bits per heavy atom. The molecule has 2 aromatic heterocycles. The van der Waals surface area contributed by atoms with Crippen LogP contribution in [-0.4, -0.2) is 49.9 Å². The maximum absolute atomic E-state index is 13.4. The lowest BCUT2D eigenvalue weighted by Crippen LogP contribution is -2.40. The number of amides is 1. The number of nitrogens with one attached hydrogen (secondary N) is 1. The van der Waals surface area contributed by atoms with Crippen molar-refractivity contribution in [3.05, 3.63) is 72.1 Å². The lowest BCUT2D eigenvalue weighted by atomic mass is 10.1. The zero-order valence-corrected chi connectivity index (χ0v) is 16.0. The van der Waals surface area contributed by atoms with Crippen LogP contribution < -0.4 is 5.32 Å². The van der Waals surface area contributed by atoms with E-state index in [1.54, 1.807) is 18.3 Å². The van der Waals surface area contributed by atoms with E-state index in [0.29, 0.717) is 12.2 Å². The van der Waals surface area contributed by atoms with Crippen LogP contribution in [0.2, 0.25) is 0 Å². The van der Waals surface area contributed by atoms with Crippen LogP contribution in [0.3, 0.4) is 0 Å². The monoisotopic (exact) mass is 394 g/mol. The molecular formula is C21H23FN6O. The van der Waals surface area contributed by atoms with Gasteiger partial charge in [-0.15, -0.1) is 5.10 Å². The second-order valence-corrected chi connectivity index (χ2v) is 7.08. The van der Waals surface area contributed by atoms with Crippen molar-refractivity contribution in [1.29, 1.82) is 0 Å². The molecule has 1 unspecified atom stereocenters. The smallest absolute Gasteiger partial charge is 0.276 e. The zero-order valence-electron chi connectivity index (χ0n) is 16.0. The summed E-state index contributed by atoms with van der Waals surface area (Å²) in [4.78, 5) is 21.0. The van der Waals surface area contributed by atoms with Crippen molar-refractivity contribution >= 4 is 5.91 Å².